The number of aryl methyl sites for hydroxylation is 1. The van der Waals surface area contributed by atoms with E-state index in [2.05, 4.69) is 5.32 Å². The van der Waals surface area contributed by atoms with Crippen LogP contribution in [0.5, 0.6) is 11.5 Å². The summed E-state index contributed by atoms with van der Waals surface area (Å²) in [5.74, 6) is 1.15. The maximum absolute atomic E-state index is 13.2. The standard InChI is InChI=1S/C25H32N2O5S/c1-18-7-8-19(15-23(18)33(29,30)27-11-5-4-6-12-27)24(28)26-17-25(2,3)20-9-10-21-22(16-20)32-14-13-31-21/h7-10,15-16H,4-6,11-14,17H2,1-3H3,(H,26,28). The second-order valence-corrected chi connectivity index (χ2v) is 11.3. The monoisotopic (exact) mass is 472 g/mol. The van der Waals surface area contributed by atoms with Gasteiger partial charge in [0.25, 0.3) is 5.91 Å². The fourth-order valence-electron chi connectivity index (χ4n) is 4.23. The van der Waals surface area contributed by atoms with Crippen molar-refractivity contribution in [2.75, 3.05) is 32.8 Å². The van der Waals surface area contributed by atoms with Crippen LogP contribution in [0.25, 0.3) is 0 Å². The lowest BCUT2D eigenvalue weighted by Crippen LogP contribution is -2.37. The summed E-state index contributed by atoms with van der Waals surface area (Å²) in [4.78, 5) is 13.2. The van der Waals surface area contributed by atoms with Crippen LogP contribution >= 0.6 is 0 Å². The van der Waals surface area contributed by atoms with Crippen molar-refractivity contribution in [3.8, 4) is 11.5 Å². The number of hydrogen-bond donors (Lipinski definition) is 1. The molecular weight excluding hydrogens is 440 g/mol. The Bertz CT molecular complexity index is 1140. The van der Waals surface area contributed by atoms with E-state index in [9.17, 15) is 13.2 Å². The molecule has 1 amide bonds. The van der Waals surface area contributed by atoms with Crippen LogP contribution in [0.2, 0.25) is 0 Å². The Kier molecular flexibility index (Phi) is 6.68. The fraction of sp³-hybridized carbons (Fsp3) is 0.480. The zero-order chi connectivity index (χ0) is 23.6. The summed E-state index contributed by atoms with van der Waals surface area (Å²) in [5.41, 5.74) is 1.64. The lowest BCUT2D eigenvalue weighted by molar-refractivity contribution is 0.0945. The predicted octanol–water partition coefficient (Wildman–Crippen LogP) is 3.65. The Morgan fingerprint density at radius 2 is 1.70 bits per heavy atom. The minimum absolute atomic E-state index is 0.211. The van der Waals surface area contributed by atoms with E-state index in [4.69, 9.17) is 9.47 Å². The van der Waals surface area contributed by atoms with Gasteiger partial charge in [0.2, 0.25) is 10.0 Å². The first kappa shape index (κ1) is 23.6. The molecule has 1 N–H and O–H groups in total. The molecule has 178 valence electrons. The average molecular weight is 473 g/mol. The number of amides is 1. The van der Waals surface area contributed by atoms with Gasteiger partial charge in [-0.15, -0.1) is 0 Å². The van der Waals surface area contributed by atoms with Crippen molar-refractivity contribution in [1.29, 1.82) is 0 Å². The van der Waals surface area contributed by atoms with Crippen molar-refractivity contribution in [2.45, 2.75) is 50.3 Å². The summed E-state index contributed by atoms with van der Waals surface area (Å²) >= 11 is 0. The van der Waals surface area contributed by atoms with Gasteiger partial charge in [-0.05, 0) is 55.2 Å². The molecule has 0 saturated carbocycles. The first-order valence-corrected chi connectivity index (χ1v) is 12.9. The van der Waals surface area contributed by atoms with Crippen LogP contribution in [-0.4, -0.2) is 51.5 Å². The number of ether oxygens (including phenoxy) is 2. The molecule has 2 aromatic rings. The third kappa shape index (κ3) is 5.01. The van der Waals surface area contributed by atoms with Gasteiger partial charge in [-0.25, -0.2) is 8.42 Å². The molecule has 33 heavy (non-hydrogen) atoms. The molecule has 8 heteroatoms. The van der Waals surface area contributed by atoms with E-state index >= 15 is 0 Å². The highest BCUT2D eigenvalue weighted by Crippen LogP contribution is 2.35. The third-order valence-electron chi connectivity index (χ3n) is 6.40. The number of fused-ring (bicyclic) bond motifs is 1. The largest absolute Gasteiger partial charge is 0.486 e. The van der Waals surface area contributed by atoms with Crippen LogP contribution in [0.1, 0.15) is 54.6 Å². The SMILES string of the molecule is Cc1ccc(C(=O)NCC(C)(C)c2ccc3c(c2)OCCO3)cc1S(=O)(=O)N1CCCCC1. The van der Waals surface area contributed by atoms with Crippen LogP contribution < -0.4 is 14.8 Å². The Morgan fingerprint density at radius 1 is 1.00 bits per heavy atom. The van der Waals surface area contributed by atoms with Crippen LogP contribution in [0, 0.1) is 6.92 Å². The number of piperidine rings is 1. The van der Waals surface area contributed by atoms with Crippen LogP contribution in [-0.2, 0) is 15.4 Å². The number of hydrogen-bond acceptors (Lipinski definition) is 5. The van der Waals surface area contributed by atoms with Gasteiger partial charge >= 0.3 is 0 Å². The van der Waals surface area contributed by atoms with Crippen molar-refractivity contribution in [3.63, 3.8) is 0 Å². The first-order valence-electron chi connectivity index (χ1n) is 11.5. The molecule has 2 aliphatic rings. The molecule has 1 fully saturated rings. The number of carbonyl (C=O) groups is 1. The summed E-state index contributed by atoms with van der Waals surface area (Å²) in [7, 11) is -3.62. The quantitative estimate of drug-likeness (QED) is 0.694. The van der Waals surface area contributed by atoms with Gasteiger partial charge in [0.1, 0.15) is 13.2 Å². The van der Waals surface area contributed by atoms with Crippen molar-refractivity contribution >= 4 is 15.9 Å². The highest BCUT2D eigenvalue weighted by atomic mass is 32.2. The van der Waals surface area contributed by atoms with E-state index in [-0.39, 0.29) is 16.2 Å². The van der Waals surface area contributed by atoms with E-state index in [1.54, 1.807) is 19.1 Å². The molecular formula is C25H32N2O5S. The molecule has 2 aliphatic heterocycles. The second kappa shape index (κ2) is 9.35. The van der Waals surface area contributed by atoms with Gasteiger partial charge in [-0.2, -0.15) is 4.31 Å². The van der Waals surface area contributed by atoms with Crippen LogP contribution in [0.3, 0.4) is 0 Å². The van der Waals surface area contributed by atoms with E-state index in [1.165, 1.54) is 10.4 Å². The molecule has 0 unspecified atom stereocenters. The van der Waals surface area contributed by atoms with E-state index in [0.29, 0.717) is 49.7 Å². The Hall–Kier alpha value is -2.58. The van der Waals surface area contributed by atoms with E-state index in [1.807, 2.05) is 32.0 Å². The van der Waals surface area contributed by atoms with Gasteiger partial charge in [-0.1, -0.05) is 32.4 Å². The second-order valence-electron chi connectivity index (χ2n) is 9.37. The summed E-state index contributed by atoms with van der Waals surface area (Å²) < 4.78 is 39.2. The smallest absolute Gasteiger partial charge is 0.251 e. The normalized spacial score (nSPS) is 16.9. The Labute approximate surface area is 196 Å². The topological polar surface area (TPSA) is 84.9 Å². The fourth-order valence-corrected chi connectivity index (χ4v) is 6.00. The maximum atomic E-state index is 13.2. The highest BCUT2D eigenvalue weighted by molar-refractivity contribution is 7.89. The van der Waals surface area contributed by atoms with Crippen molar-refractivity contribution < 1.29 is 22.7 Å². The van der Waals surface area contributed by atoms with Gasteiger partial charge < -0.3 is 14.8 Å². The molecule has 0 radical (unpaired) electrons. The lowest BCUT2D eigenvalue weighted by Gasteiger charge is -2.28. The summed E-state index contributed by atoms with van der Waals surface area (Å²) in [6.07, 6.45) is 2.79. The van der Waals surface area contributed by atoms with Crippen molar-refractivity contribution in [2.24, 2.45) is 0 Å². The van der Waals surface area contributed by atoms with E-state index in [0.717, 1.165) is 30.6 Å². The molecule has 7 nitrogen and oxygen atoms in total. The number of nitrogens with zero attached hydrogens (tertiary/aromatic N) is 1. The molecule has 0 spiro atoms. The molecule has 2 aromatic carbocycles. The van der Waals surface area contributed by atoms with Crippen LogP contribution in [0.4, 0.5) is 0 Å². The van der Waals surface area contributed by atoms with Crippen molar-refractivity contribution in [1.82, 2.24) is 9.62 Å². The Morgan fingerprint density at radius 3 is 2.42 bits per heavy atom. The molecule has 4 rings (SSSR count). The molecule has 1 saturated heterocycles. The van der Waals surface area contributed by atoms with Gasteiger partial charge in [0.05, 0.1) is 4.90 Å². The lowest BCUT2D eigenvalue weighted by atomic mass is 9.84. The number of sulfonamides is 1. The highest BCUT2D eigenvalue weighted by Gasteiger charge is 2.29. The average Bonchev–Trinajstić information content (AvgIpc) is 2.83. The molecule has 0 aromatic heterocycles. The minimum Gasteiger partial charge on any atom is -0.486 e. The molecule has 0 atom stereocenters. The van der Waals surface area contributed by atoms with Crippen molar-refractivity contribution in [3.05, 3.63) is 53.1 Å². The minimum atomic E-state index is -3.62. The molecule has 0 aliphatic carbocycles. The maximum Gasteiger partial charge on any atom is 0.251 e. The predicted molar refractivity (Wildman–Crippen MR) is 127 cm³/mol. The molecule has 2 heterocycles. The third-order valence-corrected chi connectivity index (χ3v) is 8.44. The van der Waals surface area contributed by atoms with E-state index < -0.39 is 10.0 Å². The number of carbonyl (C=O) groups excluding carboxylic acids is 1. The summed E-state index contributed by atoms with van der Waals surface area (Å²) in [6.45, 7) is 8.35. The number of rotatable bonds is 6. The summed E-state index contributed by atoms with van der Waals surface area (Å²) in [6, 6.07) is 10.7. The molecule has 0 bridgehead atoms. The van der Waals surface area contributed by atoms with Gasteiger partial charge in [0.15, 0.2) is 11.5 Å². The first-order chi connectivity index (χ1) is 15.7. The summed E-state index contributed by atoms with van der Waals surface area (Å²) in [5, 5.41) is 2.98. The zero-order valence-electron chi connectivity index (χ0n) is 19.5. The van der Waals surface area contributed by atoms with Crippen LogP contribution in [0.15, 0.2) is 41.3 Å². The van der Waals surface area contributed by atoms with Gasteiger partial charge in [0, 0.05) is 30.6 Å². The number of nitrogens with one attached hydrogen (secondary N) is 1. The van der Waals surface area contributed by atoms with Gasteiger partial charge in [-0.3, -0.25) is 4.79 Å². The Balaban J connectivity index is 1.49. The number of benzene rings is 2. The zero-order valence-corrected chi connectivity index (χ0v) is 20.3.